The summed E-state index contributed by atoms with van der Waals surface area (Å²) in [4.78, 5) is 12.3. The van der Waals surface area contributed by atoms with Crippen LogP contribution >= 0.6 is 0 Å². The molecule has 2 N–H and O–H groups in total. The molecule has 0 saturated carbocycles. The molecule has 0 bridgehead atoms. The largest absolute Gasteiger partial charge is 0.503 e. The van der Waals surface area contributed by atoms with Crippen molar-refractivity contribution in [1.82, 2.24) is 4.31 Å². The molecule has 2 heterocycles. The summed E-state index contributed by atoms with van der Waals surface area (Å²) in [6, 6.07) is 9.41. The van der Waals surface area contributed by atoms with Crippen LogP contribution in [0.3, 0.4) is 0 Å². The van der Waals surface area contributed by atoms with Gasteiger partial charge in [-0.3, -0.25) is 4.79 Å². The number of hydrogen-bond donors (Lipinski definition) is 2. The van der Waals surface area contributed by atoms with E-state index in [0.29, 0.717) is 18.8 Å². The van der Waals surface area contributed by atoms with Gasteiger partial charge in [0.2, 0.25) is 22.8 Å². The van der Waals surface area contributed by atoms with Crippen LogP contribution in [-0.2, 0) is 21.4 Å². The normalized spacial score (nSPS) is 15.2. The third-order valence-electron chi connectivity index (χ3n) is 3.99. The van der Waals surface area contributed by atoms with Crippen LogP contribution in [0.5, 0.6) is 5.75 Å². The third kappa shape index (κ3) is 4.15. The van der Waals surface area contributed by atoms with Gasteiger partial charge in [-0.15, -0.1) is 0 Å². The highest BCUT2D eigenvalue weighted by molar-refractivity contribution is 7.89. The van der Waals surface area contributed by atoms with E-state index < -0.39 is 10.0 Å². The van der Waals surface area contributed by atoms with Crippen LogP contribution in [-0.4, -0.2) is 36.8 Å². The Hall–Kier alpha value is -2.45. The van der Waals surface area contributed by atoms with Gasteiger partial charge in [-0.25, -0.2) is 8.42 Å². The Morgan fingerprint density at radius 3 is 2.68 bits per heavy atom. The maximum atomic E-state index is 12.6. The molecule has 1 aromatic heterocycles. The second-order valence-corrected chi connectivity index (χ2v) is 7.86. The molecule has 3 rings (SSSR count). The first kappa shape index (κ1) is 17.4. The number of carbonyl (C=O) groups excluding carboxylic acids is 1. The third-order valence-corrected chi connectivity index (χ3v) is 5.88. The molecule has 0 aliphatic carbocycles. The van der Waals surface area contributed by atoms with Crippen molar-refractivity contribution in [1.29, 1.82) is 0 Å². The average molecular weight is 362 g/mol. The fourth-order valence-corrected chi connectivity index (χ4v) is 4.35. The van der Waals surface area contributed by atoms with Crippen molar-refractivity contribution >= 4 is 21.6 Å². The van der Waals surface area contributed by atoms with Crippen LogP contribution in [0.2, 0.25) is 0 Å². The summed E-state index contributed by atoms with van der Waals surface area (Å²) in [6.45, 7) is 1.08. The Bertz CT molecular complexity index is 877. The summed E-state index contributed by atoms with van der Waals surface area (Å²) in [6.07, 6.45) is 4.84. The minimum absolute atomic E-state index is 0.0114. The molecule has 1 saturated heterocycles. The number of aromatic nitrogens is 1. The Morgan fingerprint density at radius 2 is 1.96 bits per heavy atom. The van der Waals surface area contributed by atoms with E-state index in [4.69, 9.17) is 0 Å². The zero-order valence-corrected chi connectivity index (χ0v) is 14.4. The van der Waals surface area contributed by atoms with Crippen molar-refractivity contribution in [2.45, 2.75) is 24.3 Å². The van der Waals surface area contributed by atoms with Crippen molar-refractivity contribution in [3.05, 3.63) is 48.8 Å². The zero-order chi connectivity index (χ0) is 17.9. The van der Waals surface area contributed by atoms with E-state index in [1.807, 2.05) is 0 Å². The molecule has 1 aromatic carbocycles. The molecule has 2 aromatic rings. The monoisotopic (exact) mass is 362 g/mol. The smallest absolute Gasteiger partial charge is 0.290 e. The van der Waals surface area contributed by atoms with Crippen molar-refractivity contribution in [3.63, 3.8) is 0 Å². The van der Waals surface area contributed by atoms with Crippen molar-refractivity contribution in [2.24, 2.45) is 0 Å². The standard InChI is InChI=1S/C17H19N3O4S/c21-15-6-4-8-19(12-15)13-17(22)18-14-5-3-7-16(11-14)25(23,24)20-9-1-2-10-20/h3-8,11-12H,1-2,9-10,13H2,(H-,18,21,22)/p+1. The first-order chi connectivity index (χ1) is 11.9. The molecule has 132 valence electrons. The number of hydrogen-bond acceptors (Lipinski definition) is 4. The fraction of sp³-hybridized carbons (Fsp3) is 0.294. The molecule has 25 heavy (non-hydrogen) atoms. The summed E-state index contributed by atoms with van der Waals surface area (Å²) in [5.41, 5.74) is 0.422. The summed E-state index contributed by atoms with van der Waals surface area (Å²) in [5, 5.41) is 12.1. The number of amides is 1. The highest BCUT2D eigenvalue weighted by Gasteiger charge is 2.27. The zero-order valence-electron chi connectivity index (χ0n) is 13.6. The molecule has 1 amide bonds. The minimum atomic E-state index is -3.52. The van der Waals surface area contributed by atoms with Gasteiger partial charge >= 0.3 is 0 Å². The molecule has 7 nitrogen and oxygen atoms in total. The van der Waals surface area contributed by atoms with Gasteiger partial charge in [-0.2, -0.15) is 8.87 Å². The number of benzene rings is 1. The summed E-state index contributed by atoms with van der Waals surface area (Å²) >= 11 is 0. The first-order valence-corrected chi connectivity index (χ1v) is 9.47. The van der Waals surface area contributed by atoms with Crippen LogP contribution in [0, 0.1) is 0 Å². The van der Waals surface area contributed by atoms with Gasteiger partial charge in [-0.05, 0) is 37.1 Å². The molecule has 0 radical (unpaired) electrons. The van der Waals surface area contributed by atoms with Gasteiger partial charge in [0.1, 0.15) is 0 Å². The second kappa shape index (κ2) is 7.20. The van der Waals surface area contributed by atoms with Crippen molar-refractivity contribution in [3.8, 4) is 5.75 Å². The van der Waals surface area contributed by atoms with Gasteiger partial charge < -0.3 is 10.4 Å². The maximum absolute atomic E-state index is 12.6. The molecule has 1 aliphatic heterocycles. The lowest BCUT2D eigenvalue weighted by Crippen LogP contribution is -2.39. The Labute approximate surface area is 146 Å². The summed E-state index contributed by atoms with van der Waals surface area (Å²) < 4.78 is 28.2. The molecule has 1 fully saturated rings. The van der Waals surface area contributed by atoms with Crippen LogP contribution in [0.1, 0.15) is 12.8 Å². The van der Waals surface area contributed by atoms with Gasteiger partial charge in [0, 0.05) is 24.8 Å². The Morgan fingerprint density at radius 1 is 1.20 bits per heavy atom. The number of sulfonamides is 1. The number of nitrogens with one attached hydrogen (secondary N) is 1. The number of carbonyl (C=O) groups is 1. The molecule has 0 atom stereocenters. The van der Waals surface area contributed by atoms with Crippen molar-refractivity contribution < 1.29 is 22.9 Å². The topological polar surface area (TPSA) is 90.6 Å². The van der Waals surface area contributed by atoms with E-state index in [2.05, 4.69) is 5.32 Å². The van der Waals surface area contributed by atoms with Crippen LogP contribution in [0.15, 0.2) is 53.7 Å². The predicted octanol–water partition coefficient (Wildman–Crippen LogP) is 1.10. The number of pyridine rings is 1. The number of aromatic hydroxyl groups is 1. The van der Waals surface area contributed by atoms with Crippen molar-refractivity contribution in [2.75, 3.05) is 18.4 Å². The minimum Gasteiger partial charge on any atom is -0.503 e. The summed E-state index contributed by atoms with van der Waals surface area (Å²) in [7, 11) is -3.52. The van der Waals surface area contributed by atoms with Gasteiger partial charge in [0.05, 0.1) is 4.90 Å². The quantitative estimate of drug-likeness (QED) is 0.780. The fourth-order valence-electron chi connectivity index (χ4n) is 2.78. The van der Waals surface area contributed by atoms with E-state index in [1.165, 1.54) is 33.3 Å². The number of nitrogens with zero attached hydrogens (tertiary/aromatic N) is 2. The number of anilines is 1. The van der Waals surface area contributed by atoms with Gasteiger partial charge in [-0.1, -0.05) is 6.07 Å². The second-order valence-electron chi connectivity index (χ2n) is 5.92. The molecule has 8 heteroatoms. The highest BCUT2D eigenvalue weighted by Crippen LogP contribution is 2.23. The number of rotatable bonds is 5. The van der Waals surface area contributed by atoms with Gasteiger partial charge in [0.25, 0.3) is 5.91 Å². The molecule has 0 unspecified atom stereocenters. The van der Waals surface area contributed by atoms with E-state index in [-0.39, 0.29) is 23.1 Å². The highest BCUT2D eigenvalue weighted by atomic mass is 32.2. The maximum Gasteiger partial charge on any atom is 0.290 e. The molecular weight excluding hydrogens is 342 g/mol. The predicted molar refractivity (Wildman–Crippen MR) is 91.4 cm³/mol. The van der Waals surface area contributed by atoms with Crippen LogP contribution in [0.25, 0.3) is 0 Å². The Kier molecular flexibility index (Phi) is 5.00. The molecular formula is C17H20N3O4S+. The Balaban J connectivity index is 1.72. The first-order valence-electron chi connectivity index (χ1n) is 8.03. The van der Waals surface area contributed by atoms with E-state index in [9.17, 15) is 18.3 Å². The molecule has 0 spiro atoms. The summed E-state index contributed by atoms with van der Waals surface area (Å²) in [5.74, 6) is -0.250. The van der Waals surface area contributed by atoms with E-state index >= 15 is 0 Å². The van der Waals surface area contributed by atoms with Crippen LogP contribution < -0.4 is 9.88 Å². The average Bonchev–Trinajstić information content (AvgIpc) is 3.10. The van der Waals surface area contributed by atoms with E-state index in [0.717, 1.165) is 12.8 Å². The lowest BCUT2D eigenvalue weighted by Gasteiger charge is -2.16. The van der Waals surface area contributed by atoms with Crippen LogP contribution in [0.4, 0.5) is 5.69 Å². The SMILES string of the molecule is O=C(C[n+]1cccc(O)c1)Nc1cccc(S(=O)(=O)N2CCCC2)c1. The van der Waals surface area contributed by atoms with Gasteiger partial charge in [0.15, 0.2) is 11.9 Å². The van der Waals surface area contributed by atoms with E-state index in [1.54, 1.807) is 24.4 Å². The lowest BCUT2D eigenvalue weighted by atomic mass is 10.3. The molecule has 1 aliphatic rings. The lowest BCUT2D eigenvalue weighted by molar-refractivity contribution is -0.684.